The summed E-state index contributed by atoms with van der Waals surface area (Å²) in [5.41, 5.74) is 2.28. The highest BCUT2D eigenvalue weighted by Crippen LogP contribution is 2.27. The molecule has 0 aromatic heterocycles. The second-order valence-electron chi connectivity index (χ2n) is 4.83. The smallest absolute Gasteiger partial charge is 0.0750 e. The van der Waals surface area contributed by atoms with Crippen LogP contribution in [-0.2, 0) is 11.3 Å². The van der Waals surface area contributed by atoms with Gasteiger partial charge in [0, 0.05) is 26.7 Å². The molecule has 0 bridgehead atoms. The third kappa shape index (κ3) is 3.37. The molecule has 1 aliphatic rings. The second-order valence-corrected chi connectivity index (χ2v) is 5.24. The van der Waals surface area contributed by atoms with Gasteiger partial charge in [-0.25, -0.2) is 0 Å². The number of anilines is 1. The Morgan fingerprint density at radius 1 is 1.50 bits per heavy atom. The van der Waals surface area contributed by atoms with Crippen molar-refractivity contribution in [3.05, 3.63) is 28.8 Å². The number of ether oxygens (including phenoxy) is 1. The number of benzene rings is 1. The minimum atomic E-state index is 0.350. The molecule has 1 saturated heterocycles. The number of rotatable bonds is 5. The quantitative estimate of drug-likeness (QED) is 0.889. The van der Waals surface area contributed by atoms with Crippen LogP contribution in [0, 0.1) is 0 Å². The van der Waals surface area contributed by atoms with Crippen molar-refractivity contribution < 1.29 is 4.74 Å². The van der Waals surface area contributed by atoms with E-state index in [4.69, 9.17) is 16.3 Å². The summed E-state index contributed by atoms with van der Waals surface area (Å²) in [5.74, 6) is 0. The summed E-state index contributed by atoms with van der Waals surface area (Å²) in [7, 11) is 4.01. The van der Waals surface area contributed by atoms with Gasteiger partial charge in [0.1, 0.15) is 0 Å². The molecule has 0 radical (unpaired) electrons. The second kappa shape index (κ2) is 6.41. The molecule has 2 rings (SSSR count). The summed E-state index contributed by atoms with van der Waals surface area (Å²) in [6.07, 6.45) is 2.68. The van der Waals surface area contributed by atoms with E-state index in [0.29, 0.717) is 6.10 Å². The largest absolute Gasteiger partial charge is 0.376 e. The SMILES string of the molecule is CNCc1ccc(N(C)CC2CCCO2)c(Cl)c1. The van der Waals surface area contributed by atoms with Gasteiger partial charge in [0.25, 0.3) is 0 Å². The van der Waals surface area contributed by atoms with Gasteiger partial charge in [-0.1, -0.05) is 17.7 Å². The molecule has 0 amide bonds. The molecule has 18 heavy (non-hydrogen) atoms. The van der Waals surface area contributed by atoms with Gasteiger partial charge in [-0.15, -0.1) is 0 Å². The average molecular weight is 269 g/mol. The van der Waals surface area contributed by atoms with E-state index in [9.17, 15) is 0 Å². The third-order valence-corrected chi connectivity index (χ3v) is 3.61. The number of nitrogens with zero attached hydrogens (tertiary/aromatic N) is 1. The molecular weight excluding hydrogens is 248 g/mol. The standard InChI is InChI=1S/C14H21ClN2O/c1-16-9-11-5-6-14(13(15)8-11)17(2)10-12-4-3-7-18-12/h5-6,8,12,16H,3-4,7,9-10H2,1-2H3. The highest BCUT2D eigenvalue weighted by atomic mass is 35.5. The van der Waals surface area contributed by atoms with Crippen LogP contribution in [0.1, 0.15) is 18.4 Å². The van der Waals surface area contributed by atoms with E-state index in [0.717, 1.165) is 36.8 Å². The highest BCUT2D eigenvalue weighted by Gasteiger charge is 2.18. The van der Waals surface area contributed by atoms with Crippen LogP contribution >= 0.6 is 11.6 Å². The van der Waals surface area contributed by atoms with Crippen LogP contribution < -0.4 is 10.2 Å². The zero-order chi connectivity index (χ0) is 13.0. The molecular formula is C14H21ClN2O. The molecule has 1 aliphatic heterocycles. The van der Waals surface area contributed by atoms with Crippen LogP contribution in [0.15, 0.2) is 18.2 Å². The summed E-state index contributed by atoms with van der Waals surface area (Å²) < 4.78 is 5.65. The van der Waals surface area contributed by atoms with Gasteiger partial charge in [-0.3, -0.25) is 0 Å². The van der Waals surface area contributed by atoms with Crippen molar-refractivity contribution >= 4 is 17.3 Å². The van der Waals surface area contributed by atoms with Crippen molar-refractivity contribution in [1.82, 2.24) is 5.32 Å². The zero-order valence-corrected chi connectivity index (χ0v) is 11.8. The lowest BCUT2D eigenvalue weighted by Gasteiger charge is -2.24. The van der Waals surface area contributed by atoms with E-state index in [2.05, 4.69) is 29.4 Å². The maximum Gasteiger partial charge on any atom is 0.0750 e. The van der Waals surface area contributed by atoms with Gasteiger partial charge in [0.05, 0.1) is 16.8 Å². The van der Waals surface area contributed by atoms with Crippen molar-refractivity contribution in [2.45, 2.75) is 25.5 Å². The average Bonchev–Trinajstić information content (AvgIpc) is 2.82. The molecule has 100 valence electrons. The van der Waals surface area contributed by atoms with Crippen LogP contribution in [0.3, 0.4) is 0 Å². The Bertz CT molecular complexity index is 391. The Morgan fingerprint density at radius 3 is 2.94 bits per heavy atom. The van der Waals surface area contributed by atoms with Gasteiger partial charge in [0.2, 0.25) is 0 Å². The van der Waals surface area contributed by atoms with Crippen LogP contribution in [0.2, 0.25) is 5.02 Å². The first-order chi connectivity index (χ1) is 8.70. The molecule has 1 heterocycles. The molecule has 1 aromatic carbocycles. The zero-order valence-electron chi connectivity index (χ0n) is 11.1. The van der Waals surface area contributed by atoms with Gasteiger partial charge < -0.3 is 15.0 Å². The summed E-state index contributed by atoms with van der Waals surface area (Å²) >= 11 is 6.34. The van der Waals surface area contributed by atoms with Crippen molar-refractivity contribution in [2.24, 2.45) is 0 Å². The van der Waals surface area contributed by atoms with Gasteiger partial charge in [-0.2, -0.15) is 0 Å². The summed E-state index contributed by atoms with van der Waals surface area (Å²) in [6, 6.07) is 6.23. The fourth-order valence-electron chi connectivity index (χ4n) is 2.37. The van der Waals surface area contributed by atoms with Crippen molar-refractivity contribution in [2.75, 3.05) is 32.1 Å². The molecule has 1 atom stereocenters. The van der Waals surface area contributed by atoms with E-state index in [1.54, 1.807) is 0 Å². The summed E-state index contributed by atoms with van der Waals surface area (Å²) in [4.78, 5) is 2.18. The fourth-order valence-corrected chi connectivity index (χ4v) is 2.71. The number of hydrogen-bond donors (Lipinski definition) is 1. The van der Waals surface area contributed by atoms with E-state index in [1.165, 1.54) is 12.0 Å². The third-order valence-electron chi connectivity index (χ3n) is 3.31. The van der Waals surface area contributed by atoms with Gasteiger partial charge in [-0.05, 0) is 37.6 Å². The summed E-state index contributed by atoms with van der Waals surface area (Å²) in [6.45, 7) is 2.65. The number of likely N-dealkylation sites (N-methyl/N-ethyl adjacent to an activating group) is 1. The van der Waals surface area contributed by atoms with E-state index in [1.807, 2.05) is 13.1 Å². The molecule has 1 aromatic rings. The summed E-state index contributed by atoms with van der Waals surface area (Å²) in [5, 5.41) is 3.93. The topological polar surface area (TPSA) is 24.5 Å². The first-order valence-electron chi connectivity index (χ1n) is 6.46. The predicted molar refractivity (Wildman–Crippen MR) is 76.5 cm³/mol. The van der Waals surface area contributed by atoms with Crippen molar-refractivity contribution in [1.29, 1.82) is 0 Å². The lowest BCUT2D eigenvalue weighted by atomic mass is 10.1. The Balaban J connectivity index is 2.02. The van der Waals surface area contributed by atoms with Crippen LogP contribution in [0.4, 0.5) is 5.69 Å². The molecule has 3 nitrogen and oxygen atoms in total. The minimum Gasteiger partial charge on any atom is -0.376 e. The minimum absolute atomic E-state index is 0.350. The van der Waals surface area contributed by atoms with E-state index >= 15 is 0 Å². The number of nitrogens with one attached hydrogen (secondary N) is 1. The van der Waals surface area contributed by atoms with Crippen molar-refractivity contribution in [3.63, 3.8) is 0 Å². The van der Waals surface area contributed by atoms with Crippen molar-refractivity contribution in [3.8, 4) is 0 Å². The maximum atomic E-state index is 6.34. The van der Waals surface area contributed by atoms with Gasteiger partial charge in [0.15, 0.2) is 0 Å². The van der Waals surface area contributed by atoms with Gasteiger partial charge >= 0.3 is 0 Å². The number of hydrogen-bond acceptors (Lipinski definition) is 3. The molecule has 1 N–H and O–H groups in total. The monoisotopic (exact) mass is 268 g/mol. The maximum absolute atomic E-state index is 6.34. The highest BCUT2D eigenvalue weighted by molar-refractivity contribution is 6.33. The first kappa shape index (κ1) is 13.7. The molecule has 1 fully saturated rings. The first-order valence-corrected chi connectivity index (χ1v) is 6.84. The fraction of sp³-hybridized carbons (Fsp3) is 0.571. The lowest BCUT2D eigenvalue weighted by Crippen LogP contribution is -2.28. The Hall–Kier alpha value is -0.770. The number of halogens is 1. The Kier molecular flexibility index (Phi) is 4.87. The molecule has 4 heteroatoms. The molecule has 0 aliphatic carbocycles. The lowest BCUT2D eigenvalue weighted by molar-refractivity contribution is 0.116. The molecule has 0 saturated carbocycles. The van der Waals surface area contributed by atoms with E-state index in [-0.39, 0.29) is 0 Å². The molecule has 1 unspecified atom stereocenters. The molecule has 0 spiro atoms. The van der Waals surface area contributed by atoms with Crippen LogP contribution in [-0.4, -0.2) is 33.4 Å². The Labute approximate surface area is 114 Å². The Morgan fingerprint density at radius 2 is 2.33 bits per heavy atom. The van der Waals surface area contributed by atoms with Crippen LogP contribution in [0.25, 0.3) is 0 Å². The van der Waals surface area contributed by atoms with E-state index < -0.39 is 0 Å². The normalized spacial score (nSPS) is 19.2. The predicted octanol–water partition coefficient (Wildman–Crippen LogP) is 2.67. The van der Waals surface area contributed by atoms with Crippen LogP contribution in [0.5, 0.6) is 0 Å².